The maximum atomic E-state index is 11.5. The van der Waals surface area contributed by atoms with Crippen molar-refractivity contribution in [3.05, 3.63) is 28.2 Å². The second-order valence-electron chi connectivity index (χ2n) is 3.18. The molecule has 4 nitrogen and oxygen atoms in total. The van der Waals surface area contributed by atoms with E-state index in [9.17, 15) is 4.79 Å². The number of halogens is 2. The Bertz CT molecular complexity index is 385. The second-order valence-corrected chi connectivity index (χ2v) is 4.02. The summed E-state index contributed by atoms with van der Waals surface area (Å²) in [5, 5.41) is 3.47. The fourth-order valence-electron chi connectivity index (χ4n) is 1.07. The van der Waals surface area contributed by atoms with Crippen LogP contribution in [0.2, 0.25) is 10.0 Å². The zero-order valence-corrected chi connectivity index (χ0v) is 10.2. The molecule has 1 unspecified atom stereocenters. The van der Waals surface area contributed by atoms with Gasteiger partial charge in [0.05, 0.1) is 17.3 Å². The Kier molecular flexibility index (Phi) is 5.02. The molecule has 0 saturated heterocycles. The summed E-state index contributed by atoms with van der Waals surface area (Å²) in [6.07, 6.45) is 0. The number of benzene rings is 1. The van der Waals surface area contributed by atoms with Gasteiger partial charge in [-0.3, -0.25) is 4.79 Å². The van der Waals surface area contributed by atoms with Gasteiger partial charge in [0.25, 0.3) is 0 Å². The van der Waals surface area contributed by atoms with Gasteiger partial charge in [0.1, 0.15) is 6.04 Å². The molecule has 0 aliphatic heterocycles. The van der Waals surface area contributed by atoms with E-state index in [4.69, 9.17) is 33.7 Å². The van der Waals surface area contributed by atoms with E-state index in [0.29, 0.717) is 15.7 Å². The number of anilines is 1. The van der Waals surface area contributed by atoms with E-state index < -0.39 is 6.04 Å². The van der Waals surface area contributed by atoms with Crippen molar-refractivity contribution in [2.75, 3.05) is 19.0 Å². The van der Waals surface area contributed by atoms with Crippen molar-refractivity contribution in [2.24, 2.45) is 5.73 Å². The highest BCUT2D eigenvalue weighted by molar-refractivity contribution is 6.35. The summed E-state index contributed by atoms with van der Waals surface area (Å²) in [6.45, 7) is 0.143. The normalized spacial score (nSPS) is 12.2. The Morgan fingerprint density at radius 3 is 2.88 bits per heavy atom. The summed E-state index contributed by atoms with van der Waals surface area (Å²) in [4.78, 5) is 11.5. The lowest BCUT2D eigenvalue weighted by Gasteiger charge is -2.12. The summed E-state index contributed by atoms with van der Waals surface area (Å²) < 4.78 is 4.77. The van der Waals surface area contributed by atoms with Crippen LogP contribution in [0.3, 0.4) is 0 Å². The van der Waals surface area contributed by atoms with E-state index in [1.54, 1.807) is 18.2 Å². The van der Waals surface area contributed by atoms with Crippen molar-refractivity contribution in [3.8, 4) is 0 Å². The third kappa shape index (κ3) is 3.64. The van der Waals surface area contributed by atoms with Crippen LogP contribution in [0.25, 0.3) is 0 Å². The molecule has 1 aromatic rings. The number of hydrogen-bond acceptors (Lipinski definition) is 3. The van der Waals surface area contributed by atoms with Gasteiger partial charge in [0, 0.05) is 12.1 Å². The summed E-state index contributed by atoms with van der Waals surface area (Å²) >= 11 is 11.7. The lowest BCUT2D eigenvalue weighted by Crippen LogP contribution is -2.39. The first-order valence-electron chi connectivity index (χ1n) is 4.55. The number of amides is 1. The molecule has 6 heteroatoms. The lowest BCUT2D eigenvalue weighted by molar-refractivity contribution is -0.118. The van der Waals surface area contributed by atoms with Gasteiger partial charge in [-0.05, 0) is 18.2 Å². The van der Waals surface area contributed by atoms with Crippen LogP contribution >= 0.6 is 23.2 Å². The molecule has 3 N–H and O–H groups in total. The first-order valence-corrected chi connectivity index (χ1v) is 5.30. The third-order valence-corrected chi connectivity index (χ3v) is 2.43. The fraction of sp³-hybridized carbons (Fsp3) is 0.300. The number of ether oxygens (including phenoxy) is 1. The number of hydrogen-bond donors (Lipinski definition) is 2. The fourth-order valence-corrected chi connectivity index (χ4v) is 1.41. The van der Waals surface area contributed by atoms with Gasteiger partial charge in [0.15, 0.2) is 0 Å². The molecule has 0 saturated carbocycles. The van der Waals surface area contributed by atoms with Crippen LogP contribution in [0.15, 0.2) is 18.2 Å². The van der Waals surface area contributed by atoms with Crippen LogP contribution in [0.4, 0.5) is 5.69 Å². The number of nitrogens with one attached hydrogen (secondary N) is 1. The quantitative estimate of drug-likeness (QED) is 0.872. The molecule has 0 heterocycles. The van der Waals surface area contributed by atoms with Crippen LogP contribution in [-0.2, 0) is 9.53 Å². The maximum absolute atomic E-state index is 11.5. The molecule has 1 aromatic carbocycles. The molecule has 16 heavy (non-hydrogen) atoms. The SMILES string of the molecule is COCC(N)C(=O)Nc1cc(Cl)ccc1Cl. The van der Waals surface area contributed by atoms with Crippen LogP contribution in [0.5, 0.6) is 0 Å². The molecule has 1 rings (SSSR count). The third-order valence-electron chi connectivity index (χ3n) is 1.87. The largest absolute Gasteiger partial charge is 0.383 e. The van der Waals surface area contributed by atoms with Crippen molar-refractivity contribution in [1.29, 1.82) is 0 Å². The van der Waals surface area contributed by atoms with Gasteiger partial charge >= 0.3 is 0 Å². The van der Waals surface area contributed by atoms with E-state index in [-0.39, 0.29) is 12.5 Å². The molecular formula is C10H12Cl2N2O2. The minimum absolute atomic E-state index is 0.143. The average Bonchev–Trinajstić information content (AvgIpc) is 2.23. The topological polar surface area (TPSA) is 64.3 Å². The summed E-state index contributed by atoms with van der Waals surface area (Å²) in [7, 11) is 1.47. The van der Waals surface area contributed by atoms with Gasteiger partial charge in [-0.15, -0.1) is 0 Å². The zero-order valence-electron chi connectivity index (χ0n) is 8.67. The van der Waals surface area contributed by atoms with Crippen molar-refractivity contribution in [3.63, 3.8) is 0 Å². The van der Waals surface area contributed by atoms with E-state index in [2.05, 4.69) is 5.32 Å². The number of carbonyl (C=O) groups excluding carboxylic acids is 1. The zero-order chi connectivity index (χ0) is 12.1. The summed E-state index contributed by atoms with van der Waals surface area (Å²) in [6, 6.07) is 4.05. The number of nitrogens with two attached hydrogens (primary N) is 1. The van der Waals surface area contributed by atoms with Crippen LogP contribution in [0.1, 0.15) is 0 Å². The first kappa shape index (κ1) is 13.3. The van der Waals surface area contributed by atoms with E-state index in [1.165, 1.54) is 7.11 Å². The Morgan fingerprint density at radius 1 is 1.56 bits per heavy atom. The molecule has 0 fully saturated rings. The molecule has 0 aromatic heterocycles. The summed E-state index contributed by atoms with van der Waals surface area (Å²) in [5.74, 6) is -0.369. The predicted molar refractivity (Wildman–Crippen MR) is 64.9 cm³/mol. The molecule has 0 spiro atoms. The Balaban J connectivity index is 2.72. The minimum Gasteiger partial charge on any atom is -0.383 e. The predicted octanol–water partition coefficient (Wildman–Crippen LogP) is 1.91. The monoisotopic (exact) mass is 262 g/mol. The van der Waals surface area contributed by atoms with Crippen LogP contribution in [0, 0.1) is 0 Å². The smallest absolute Gasteiger partial charge is 0.243 e. The highest BCUT2D eigenvalue weighted by atomic mass is 35.5. The van der Waals surface area contributed by atoms with Gasteiger partial charge in [0.2, 0.25) is 5.91 Å². The van der Waals surface area contributed by atoms with E-state index in [1.807, 2.05) is 0 Å². The molecular weight excluding hydrogens is 251 g/mol. The van der Waals surface area contributed by atoms with Gasteiger partial charge < -0.3 is 15.8 Å². The van der Waals surface area contributed by atoms with Crippen LogP contribution in [-0.4, -0.2) is 25.7 Å². The molecule has 1 amide bonds. The average molecular weight is 263 g/mol. The number of rotatable bonds is 4. The highest BCUT2D eigenvalue weighted by Crippen LogP contribution is 2.25. The molecule has 0 aliphatic rings. The van der Waals surface area contributed by atoms with Crippen LogP contribution < -0.4 is 11.1 Å². The van der Waals surface area contributed by atoms with Crippen molar-refractivity contribution in [2.45, 2.75) is 6.04 Å². The standard InChI is InChI=1S/C10H12Cl2N2O2/c1-16-5-8(13)10(15)14-9-4-6(11)2-3-7(9)12/h2-4,8H,5,13H2,1H3,(H,14,15). The van der Waals surface area contributed by atoms with E-state index >= 15 is 0 Å². The maximum Gasteiger partial charge on any atom is 0.243 e. The van der Waals surface area contributed by atoms with E-state index in [0.717, 1.165) is 0 Å². The minimum atomic E-state index is -0.736. The highest BCUT2D eigenvalue weighted by Gasteiger charge is 2.14. The van der Waals surface area contributed by atoms with Crippen molar-refractivity contribution in [1.82, 2.24) is 0 Å². The Hall–Kier alpha value is -0.810. The summed E-state index contributed by atoms with van der Waals surface area (Å²) in [5.41, 5.74) is 5.99. The second kappa shape index (κ2) is 6.06. The van der Waals surface area contributed by atoms with Gasteiger partial charge in [-0.1, -0.05) is 23.2 Å². The Labute approximate surface area is 104 Å². The number of methoxy groups -OCH3 is 1. The van der Waals surface area contributed by atoms with Crippen molar-refractivity contribution < 1.29 is 9.53 Å². The lowest BCUT2D eigenvalue weighted by atomic mass is 10.2. The van der Waals surface area contributed by atoms with Gasteiger partial charge in [-0.25, -0.2) is 0 Å². The molecule has 0 radical (unpaired) electrons. The number of carbonyl (C=O) groups is 1. The Morgan fingerprint density at radius 2 is 2.25 bits per heavy atom. The van der Waals surface area contributed by atoms with Crippen molar-refractivity contribution >= 4 is 34.8 Å². The molecule has 1 atom stereocenters. The molecule has 0 bridgehead atoms. The van der Waals surface area contributed by atoms with Gasteiger partial charge in [-0.2, -0.15) is 0 Å². The molecule has 88 valence electrons. The molecule has 0 aliphatic carbocycles. The first-order chi connectivity index (χ1) is 7.54.